The van der Waals surface area contributed by atoms with Crippen LogP contribution in [0.3, 0.4) is 0 Å². The molecule has 3 fully saturated rings. The molecule has 3 aliphatic rings. The Morgan fingerprint density at radius 2 is 1.88 bits per heavy atom. The third kappa shape index (κ3) is 5.81. The number of rotatable bonds is 7. The average Bonchev–Trinajstić information content (AvgIpc) is 3.41. The summed E-state index contributed by atoms with van der Waals surface area (Å²) in [6.07, 6.45) is 3.07. The number of nitrogens with one attached hydrogen (secondary N) is 1. The van der Waals surface area contributed by atoms with Gasteiger partial charge in [-0.1, -0.05) is 0 Å². The molecule has 0 aromatic carbocycles. The minimum atomic E-state index is -4.82. The van der Waals surface area contributed by atoms with Crippen LogP contribution in [0.4, 0.5) is 30.6 Å². The van der Waals surface area contributed by atoms with Gasteiger partial charge in [0.2, 0.25) is 5.91 Å². The summed E-state index contributed by atoms with van der Waals surface area (Å²) in [4.78, 5) is 29.2. The van der Waals surface area contributed by atoms with E-state index in [0.717, 1.165) is 64.0 Å². The largest absolute Gasteiger partial charge is 0.573 e. The summed E-state index contributed by atoms with van der Waals surface area (Å²) in [7, 11) is 0. The Balaban J connectivity index is 1.25. The third-order valence-electron chi connectivity index (χ3n) is 7.75. The molecule has 0 radical (unpaired) electrons. The van der Waals surface area contributed by atoms with Crippen LogP contribution in [-0.4, -0.2) is 78.8 Å². The van der Waals surface area contributed by atoms with E-state index in [2.05, 4.69) is 30.0 Å². The number of piperidine rings is 1. The second kappa shape index (κ2) is 9.61. The molecule has 11 nitrogen and oxygen atoms in total. The molecule has 1 spiro atoms. The predicted octanol–water partition coefficient (Wildman–Crippen LogP) is 3.35. The highest BCUT2D eigenvalue weighted by atomic mass is 19.4. The molecule has 40 heavy (non-hydrogen) atoms. The van der Waals surface area contributed by atoms with Crippen LogP contribution in [0.15, 0.2) is 36.8 Å². The van der Waals surface area contributed by atoms with Crippen molar-refractivity contribution in [3.63, 3.8) is 0 Å². The first-order valence-electron chi connectivity index (χ1n) is 13.1. The third-order valence-corrected chi connectivity index (χ3v) is 7.75. The Hall–Kier alpha value is -3.94. The minimum Gasteiger partial charge on any atom is -0.406 e. The topological polar surface area (TPSA) is 122 Å². The molecule has 5 heterocycles. The molecule has 1 aliphatic carbocycles. The first kappa shape index (κ1) is 26.3. The van der Waals surface area contributed by atoms with Crippen LogP contribution >= 0.6 is 0 Å². The van der Waals surface area contributed by atoms with Gasteiger partial charge in [0.1, 0.15) is 23.2 Å². The highest BCUT2D eigenvalue weighted by Gasteiger charge is 2.46. The number of amides is 1. The molecule has 2 N–H and O–H groups in total. The SMILES string of the molecule is CC(=O)N1CCC2(CC1)CN(c1cc(Nc3cc(OC(F)(F)F)ccn3)nc(-c3cnn(CC4(O)CC4)c3)n1)C2. The highest BCUT2D eigenvalue weighted by molar-refractivity contribution is 5.73. The van der Waals surface area contributed by atoms with Crippen LogP contribution < -0.4 is 15.0 Å². The van der Waals surface area contributed by atoms with Gasteiger partial charge in [-0.2, -0.15) is 5.10 Å². The Labute approximate surface area is 228 Å². The van der Waals surface area contributed by atoms with Gasteiger partial charge in [0, 0.05) is 63.0 Å². The number of likely N-dealkylation sites (tertiary alicyclic amines) is 1. The zero-order valence-corrected chi connectivity index (χ0v) is 21.9. The lowest BCUT2D eigenvalue weighted by Gasteiger charge is -2.54. The fourth-order valence-electron chi connectivity index (χ4n) is 5.30. The molecular formula is C26H29F3N8O3. The second-order valence-electron chi connectivity index (χ2n) is 11.0. The van der Waals surface area contributed by atoms with Crippen molar-refractivity contribution in [3.8, 4) is 17.1 Å². The molecule has 2 aliphatic heterocycles. The summed E-state index contributed by atoms with van der Waals surface area (Å²) in [5.41, 5.74) is 0.0268. The van der Waals surface area contributed by atoms with Gasteiger partial charge in [0.25, 0.3) is 0 Å². The number of hydrogen-bond donors (Lipinski definition) is 2. The van der Waals surface area contributed by atoms with Crippen LogP contribution in [0.25, 0.3) is 11.4 Å². The molecule has 1 saturated carbocycles. The van der Waals surface area contributed by atoms with Crippen LogP contribution in [-0.2, 0) is 11.3 Å². The number of anilines is 3. The average molecular weight is 559 g/mol. The summed E-state index contributed by atoms with van der Waals surface area (Å²) in [6.45, 7) is 4.98. The van der Waals surface area contributed by atoms with Crippen molar-refractivity contribution < 1.29 is 27.8 Å². The van der Waals surface area contributed by atoms with E-state index >= 15 is 0 Å². The maximum absolute atomic E-state index is 12.7. The number of nitrogens with zero attached hydrogens (tertiary/aromatic N) is 7. The van der Waals surface area contributed by atoms with E-state index in [1.807, 2.05) is 4.90 Å². The first-order valence-corrected chi connectivity index (χ1v) is 13.1. The number of halogens is 3. The van der Waals surface area contributed by atoms with E-state index < -0.39 is 17.7 Å². The number of carbonyl (C=O) groups is 1. The number of aliphatic hydroxyl groups is 1. The van der Waals surface area contributed by atoms with Gasteiger partial charge in [-0.15, -0.1) is 13.2 Å². The fourth-order valence-corrected chi connectivity index (χ4v) is 5.30. The van der Waals surface area contributed by atoms with E-state index in [0.29, 0.717) is 29.6 Å². The van der Waals surface area contributed by atoms with Gasteiger partial charge in [-0.25, -0.2) is 15.0 Å². The van der Waals surface area contributed by atoms with E-state index in [1.165, 1.54) is 6.20 Å². The van der Waals surface area contributed by atoms with Crippen LogP contribution in [0.5, 0.6) is 5.75 Å². The quantitative estimate of drug-likeness (QED) is 0.450. The molecule has 3 aromatic heterocycles. The van der Waals surface area contributed by atoms with Gasteiger partial charge in [-0.3, -0.25) is 9.48 Å². The molecule has 212 valence electrons. The Morgan fingerprint density at radius 1 is 1.12 bits per heavy atom. The standard InChI is InChI=1S/C26H29F3N8O3/c1-17(38)35-8-5-24(6-9-35)14-36(15-24)22-11-21(32-20-10-19(2-7-30-20)40-26(27,28)29)33-23(34-22)18-12-31-37(13-18)16-25(39)3-4-25/h2,7,10-13,39H,3-6,8-9,14-16H2,1H3,(H,30,32,33,34). The van der Waals surface area contributed by atoms with Gasteiger partial charge in [0.15, 0.2) is 5.82 Å². The van der Waals surface area contributed by atoms with E-state index in [4.69, 9.17) is 4.98 Å². The number of carbonyl (C=O) groups excluding carboxylic acids is 1. The van der Waals surface area contributed by atoms with Crippen molar-refractivity contribution in [2.75, 3.05) is 36.4 Å². The molecule has 1 amide bonds. The molecule has 2 saturated heterocycles. The number of alkyl halides is 3. The Kier molecular flexibility index (Phi) is 6.32. The maximum atomic E-state index is 12.7. The van der Waals surface area contributed by atoms with Crippen LogP contribution in [0, 0.1) is 5.41 Å². The van der Waals surface area contributed by atoms with Crippen molar-refractivity contribution in [1.29, 1.82) is 0 Å². The molecular weight excluding hydrogens is 529 g/mol. The lowest BCUT2D eigenvalue weighted by atomic mass is 9.72. The summed E-state index contributed by atoms with van der Waals surface area (Å²) < 4.78 is 43.8. The maximum Gasteiger partial charge on any atom is 0.573 e. The molecule has 6 rings (SSSR count). The van der Waals surface area contributed by atoms with Crippen molar-refractivity contribution in [1.82, 2.24) is 29.6 Å². The van der Waals surface area contributed by atoms with Crippen LogP contribution in [0.2, 0.25) is 0 Å². The summed E-state index contributed by atoms with van der Waals surface area (Å²) in [5.74, 6) is 1.20. The summed E-state index contributed by atoms with van der Waals surface area (Å²) >= 11 is 0. The number of hydrogen-bond acceptors (Lipinski definition) is 9. The van der Waals surface area contributed by atoms with Gasteiger partial charge < -0.3 is 25.0 Å². The monoisotopic (exact) mass is 558 g/mol. The van der Waals surface area contributed by atoms with Crippen molar-refractivity contribution in [2.24, 2.45) is 5.41 Å². The predicted molar refractivity (Wildman–Crippen MR) is 138 cm³/mol. The molecule has 3 aromatic rings. The van der Waals surface area contributed by atoms with Gasteiger partial charge >= 0.3 is 6.36 Å². The lowest BCUT2D eigenvalue weighted by Crippen LogP contribution is -2.61. The number of ether oxygens (including phenoxy) is 1. The molecule has 14 heteroatoms. The van der Waals surface area contributed by atoms with Crippen molar-refractivity contribution in [2.45, 2.75) is 51.1 Å². The fraction of sp³-hybridized carbons (Fsp3) is 0.500. The van der Waals surface area contributed by atoms with Crippen molar-refractivity contribution in [3.05, 3.63) is 36.8 Å². The van der Waals surface area contributed by atoms with E-state index in [9.17, 15) is 23.1 Å². The Morgan fingerprint density at radius 3 is 2.55 bits per heavy atom. The van der Waals surface area contributed by atoms with E-state index in [1.54, 1.807) is 30.1 Å². The smallest absolute Gasteiger partial charge is 0.406 e. The molecule has 0 atom stereocenters. The normalized spacial score (nSPS) is 19.3. The van der Waals surface area contributed by atoms with Gasteiger partial charge in [-0.05, 0) is 31.7 Å². The summed E-state index contributed by atoms with van der Waals surface area (Å²) in [6, 6.07) is 4.00. The van der Waals surface area contributed by atoms with E-state index in [-0.39, 0.29) is 17.1 Å². The first-order chi connectivity index (χ1) is 19.0. The van der Waals surface area contributed by atoms with Gasteiger partial charge in [0.05, 0.1) is 23.9 Å². The lowest BCUT2D eigenvalue weighted by molar-refractivity contribution is -0.274. The number of aromatic nitrogens is 5. The number of pyridine rings is 1. The highest BCUT2D eigenvalue weighted by Crippen LogP contribution is 2.43. The second-order valence-corrected chi connectivity index (χ2v) is 11.0. The summed E-state index contributed by atoms with van der Waals surface area (Å²) in [5, 5.41) is 17.6. The molecule has 0 unspecified atom stereocenters. The molecule has 0 bridgehead atoms. The van der Waals surface area contributed by atoms with Crippen molar-refractivity contribution >= 4 is 23.4 Å². The Bertz CT molecular complexity index is 1410. The van der Waals surface area contributed by atoms with Crippen LogP contribution in [0.1, 0.15) is 32.6 Å². The zero-order valence-electron chi connectivity index (χ0n) is 21.9. The zero-order chi connectivity index (χ0) is 28.1. The minimum absolute atomic E-state index is 0.0925.